The van der Waals surface area contributed by atoms with Gasteiger partial charge >= 0.3 is 12.0 Å². The van der Waals surface area contributed by atoms with Crippen LogP contribution in [0.1, 0.15) is 16.7 Å². The quantitative estimate of drug-likeness (QED) is 0.108. The van der Waals surface area contributed by atoms with E-state index < -0.39 is 0 Å². The number of nitrogens with zero attached hydrogens (tertiary/aromatic N) is 4. The largest absolute Gasteiger partial charge is 0.426 e. The first kappa shape index (κ1) is 34.1. The third kappa shape index (κ3) is 7.13. The number of aromatic amines is 2. The molecule has 14 heteroatoms. The fourth-order valence-electron chi connectivity index (χ4n) is 6.66. The van der Waals surface area contributed by atoms with Crippen molar-refractivity contribution in [1.82, 2.24) is 40.3 Å². The molecule has 0 aliphatic carbocycles. The topological polar surface area (TPSA) is 188 Å². The van der Waals surface area contributed by atoms with Crippen LogP contribution in [0.3, 0.4) is 0 Å². The lowest BCUT2D eigenvalue weighted by atomic mass is 10.0. The second kappa shape index (κ2) is 14.6. The highest BCUT2D eigenvalue weighted by atomic mass is 16.5. The highest BCUT2D eigenvalue weighted by molar-refractivity contribution is 5.86. The molecule has 0 saturated heterocycles. The zero-order valence-corrected chi connectivity index (χ0v) is 29.8. The van der Waals surface area contributed by atoms with Gasteiger partial charge in [0, 0.05) is 61.1 Å². The number of fused-ring (bicyclic) bond motifs is 3. The third-order valence-corrected chi connectivity index (χ3v) is 9.42. The molecule has 0 saturated carbocycles. The van der Waals surface area contributed by atoms with E-state index in [4.69, 9.17) is 20.0 Å². The van der Waals surface area contributed by atoms with E-state index in [1.807, 2.05) is 35.1 Å². The van der Waals surface area contributed by atoms with Gasteiger partial charge in [0.25, 0.3) is 11.1 Å². The van der Waals surface area contributed by atoms with E-state index in [-0.39, 0.29) is 23.1 Å². The summed E-state index contributed by atoms with van der Waals surface area (Å²) < 4.78 is 13.7. The summed E-state index contributed by atoms with van der Waals surface area (Å²) in [5, 5.41) is 25.3. The third-order valence-electron chi connectivity index (χ3n) is 9.42. The summed E-state index contributed by atoms with van der Waals surface area (Å²) >= 11 is 0. The van der Waals surface area contributed by atoms with Crippen LogP contribution >= 0.6 is 0 Å². The van der Waals surface area contributed by atoms with Crippen LogP contribution in [0.4, 0.5) is 5.69 Å². The van der Waals surface area contributed by atoms with Gasteiger partial charge in [-0.15, -0.1) is 0 Å². The van der Waals surface area contributed by atoms with Gasteiger partial charge in [-0.25, -0.2) is 0 Å². The van der Waals surface area contributed by atoms with Crippen LogP contribution in [-0.2, 0) is 13.1 Å². The van der Waals surface area contributed by atoms with Crippen molar-refractivity contribution in [3.63, 3.8) is 0 Å². The van der Waals surface area contributed by atoms with Gasteiger partial charge in [0.05, 0.1) is 33.2 Å². The van der Waals surface area contributed by atoms with Gasteiger partial charge < -0.3 is 30.8 Å². The van der Waals surface area contributed by atoms with Crippen molar-refractivity contribution in [2.24, 2.45) is 0 Å². The Morgan fingerprint density at radius 3 is 2.12 bits per heavy atom. The Kier molecular flexibility index (Phi) is 8.87. The fraction of sp³-hybridized carbons (Fsp3) is 0.0952. The average molecular weight is 743 g/mol. The maximum atomic E-state index is 12.5. The van der Waals surface area contributed by atoms with E-state index in [0.717, 1.165) is 38.8 Å². The summed E-state index contributed by atoms with van der Waals surface area (Å²) in [5.41, 5.74) is 6.07. The van der Waals surface area contributed by atoms with Crippen molar-refractivity contribution in [3.05, 3.63) is 150 Å². The Labute approximate surface area is 317 Å². The lowest BCUT2D eigenvalue weighted by Gasteiger charge is -2.13. The van der Waals surface area contributed by atoms with Crippen molar-refractivity contribution in [2.75, 3.05) is 18.4 Å². The van der Waals surface area contributed by atoms with Crippen LogP contribution in [0.25, 0.3) is 46.6 Å². The molecule has 276 valence electrons. The van der Waals surface area contributed by atoms with Gasteiger partial charge in [0.15, 0.2) is 0 Å². The fourth-order valence-corrected chi connectivity index (χ4v) is 6.66. The first-order valence-corrected chi connectivity index (χ1v) is 17.9. The van der Waals surface area contributed by atoms with Crippen LogP contribution in [0.5, 0.6) is 23.5 Å². The van der Waals surface area contributed by atoms with Gasteiger partial charge in [-0.1, -0.05) is 54.6 Å². The van der Waals surface area contributed by atoms with Crippen molar-refractivity contribution in [2.45, 2.75) is 13.1 Å². The molecule has 0 fully saturated rings. The molecule has 7 aromatic rings. The van der Waals surface area contributed by atoms with Gasteiger partial charge in [0.1, 0.15) is 11.5 Å². The number of hydrogen-bond acceptors (Lipinski definition) is 11. The van der Waals surface area contributed by atoms with Crippen LogP contribution in [-0.4, -0.2) is 49.0 Å². The molecule has 0 radical (unpaired) electrons. The van der Waals surface area contributed by atoms with Crippen molar-refractivity contribution < 1.29 is 9.47 Å². The number of nitrogens with one attached hydrogen (secondary N) is 6. The molecule has 2 aliphatic heterocycles. The summed E-state index contributed by atoms with van der Waals surface area (Å²) in [6.45, 7) is 2.28. The minimum atomic E-state index is -0.269. The normalized spacial score (nSPS) is 12.6. The minimum absolute atomic E-state index is 0.0793. The molecule has 3 aromatic heterocycles. The Balaban J connectivity index is 0.840. The highest BCUT2D eigenvalue weighted by Gasteiger charge is 2.11. The average Bonchev–Trinajstić information content (AvgIpc) is 3.62. The molecule has 9 rings (SSSR count). The van der Waals surface area contributed by atoms with Gasteiger partial charge in [-0.2, -0.15) is 15.1 Å². The van der Waals surface area contributed by atoms with E-state index in [0.29, 0.717) is 64.4 Å². The Morgan fingerprint density at radius 2 is 1.43 bits per heavy atom. The molecule has 0 bridgehead atoms. The van der Waals surface area contributed by atoms with Gasteiger partial charge in [0.2, 0.25) is 0 Å². The molecule has 0 unspecified atom stereocenters. The molecule has 0 atom stereocenters. The lowest BCUT2D eigenvalue weighted by Crippen LogP contribution is -2.46. The second-order valence-electron chi connectivity index (χ2n) is 13.2. The summed E-state index contributed by atoms with van der Waals surface area (Å²) in [5.74, 6) is 0.993. The number of benzene rings is 4. The smallest absolute Gasteiger partial charge is 0.302 e. The van der Waals surface area contributed by atoms with Gasteiger partial charge in [-0.3, -0.25) is 24.2 Å². The molecule has 6 N–H and O–H groups in total. The van der Waals surface area contributed by atoms with E-state index in [2.05, 4.69) is 78.4 Å². The predicted molar refractivity (Wildman–Crippen MR) is 215 cm³/mol. The van der Waals surface area contributed by atoms with E-state index >= 15 is 0 Å². The molecule has 0 spiro atoms. The monoisotopic (exact) mass is 742 g/mol. The molecule has 14 nitrogen and oxygen atoms in total. The number of rotatable bonds is 11. The predicted octanol–water partition coefficient (Wildman–Crippen LogP) is 2.36. The molecular weight excluding hydrogens is 709 g/mol. The Morgan fingerprint density at radius 1 is 0.750 bits per heavy atom. The molecule has 4 aromatic carbocycles. The van der Waals surface area contributed by atoms with E-state index in [1.54, 1.807) is 42.8 Å². The first-order valence-electron chi connectivity index (χ1n) is 17.9. The summed E-state index contributed by atoms with van der Waals surface area (Å²) in [6.07, 6.45) is 10.2. The number of anilines is 1. The van der Waals surface area contributed by atoms with Crippen LogP contribution < -0.4 is 57.7 Å². The Hall–Kier alpha value is -7.74. The lowest BCUT2D eigenvalue weighted by molar-refractivity contribution is 0.437. The van der Waals surface area contributed by atoms with E-state index in [9.17, 15) is 9.59 Å². The maximum absolute atomic E-state index is 12.5. The number of hydrogen-bond donors (Lipinski definition) is 6. The zero-order chi connectivity index (χ0) is 38.0. The summed E-state index contributed by atoms with van der Waals surface area (Å²) in [6, 6.07) is 27.9. The minimum Gasteiger partial charge on any atom is -0.426 e. The number of ether oxygens (including phenoxy) is 2. The summed E-state index contributed by atoms with van der Waals surface area (Å²) in [7, 11) is 0. The van der Waals surface area contributed by atoms with E-state index in [1.165, 1.54) is 6.21 Å². The van der Waals surface area contributed by atoms with Gasteiger partial charge in [-0.05, 0) is 64.7 Å². The highest BCUT2D eigenvalue weighted by Crippen LogP contribution is 2.26. The molecular formula is C42H34N10O4. The van der Waals surface area contributed by atoms with Crippen molar-refractivity contribution >= 4 is 47.4 Å². The molecule has 5 heterocycles. The molecule has 2 aliphatic rings. The van der Waals surface area contributed by atoms with Crippen molar-refractivity contribution in [1.29, 1.82) is 5.41 Å². The SMILES string of the molecule is N=Cc1cc(Oc2nc3c(c(=O)[nH]2)=CCNC=3)ccc1NCc1cccc(-c2ccc(Cn3cc4cc(Oc5nc6c(c(=O)[nH]5)=CCNC=6)ccc4n3)cc2)c1. The second-order valence-corrected chi connectivity index (χ2v) is 13.2. The van der Waals surface area contributed by atoms with Crippen LogP contribution in [0, 0.1) is 5.41 Å². The summed E-state index contributed by atoms with van der Waals surface area (Å²) in [4.78, 5) is 39.1. The van der Waals surface area contributed by atoms with Crippen LogP contribution in [0.15, 0.2) is 101 Å². The standard InChI is InChI=1S/C42H34N10O4/c43-19-29-17-31(55-41-47-37-21-44-14-12-33(37)39(53)49-41)8-10-35(29)46-20-26-2-1-3-28(16-26)27-6-4-25(5-7-27)23-52-24-30-18-32(9-11-36(30)51-52)56-42-48-38-22-45-15-13-34(38)40(54)50-42/h1-13,16-19,21-22,24,43-46H,14-15,20,23H2,(H,47,49,53)(H,48,50,54). The Bertz CT molecular complexity index is 3040. The first-order chi connectivity index (χ1) is 27.4. The number of aromatic nitrogens is 6. The zero-order valence-electron chi connectivity index (χ0n) is 29.8. The van der Waals surface area contributed by atoms with Crippen LogP contribution in [0.2, 0.25) is 0 Å². The molecule has 56 heavy (non-hydrogen) atoms. The van der Waals surface area contributed by atoms with Crippen molar-refractivity contribution in [3.8, 4) is 34.6 Å². The maximum Gasteiger partial charge on any atom is 0.302 e. The number of H-pyrrole nitrogens is 2. The molecule has 0 amide bonds.